The molecule has 1 fully saturated rings. The van der Waals surface area contributed by atoms with Crippen LogP contribution in [0.1, 0.15) is 25.3 Å². The number of hydrogen-bond acceptors (Lipinski definition) is 4. The van der Waals surface area contributed by atoms with E-state index in [1.807, 2.05) is 0 Å². The number of nitriles is 1. The summed E-state index contributed by atoms with van der Waals surface area (Å²) in [5.41, 5.74) is 2.49. The second-order valence-electron chi connectivity index (χ2n) is 5.00. The van der Waals surface area contributed by atoms with Crippen molar-refractivity contribution in [2.24, 2.45) is 5.92 Å². The summed E-state index contributed by atoms with van der Waals surface area (Å²) in [6.45, 7) is 4.09. The van der Waals surface area contributed by atoms with Gasteiger partial charge in [-0.3, -0.25) is 0 Å². The molecule has 0 unspecified atom stereocenters. The van der Waals surface area contributed by atoms with Gasteiger partial charge in [0.1, 0.15) is 0 Å². The molecule has 1 saturated heterocycles. The van der Waals surface area contributed by atoms with E-state index in [1.54, 1.807) is 11.3 Å². The average Bonchev–Trinajstić information content (AvgIpc) is 2.91. The number of anilines is 1. The van der Waals surface area contributed by atoms with Crippen LogP contribution in [-0.2, 0) is 6.42 Å². The summed E-state index contributed by atoms with van der Waals surface area (Å²) in [6.07, 6.45) is 2.96. The minimum Gasteiger partial charge on any atom is -0.348 e. The van der Waals surface area contributed by atoms with Gasteiger partial charge in [0, 0.05) is 19.0 Å². The van der Waals surface area contributed by atoms with Crippen molar-refractivity contribution in [1.82, 2.24) is 4.98 Å². The second kappa shape index (κ2) is 5.18. The molecule has 3 nitrogen and oxygen atoms in total. The number of thiazole rings is 1. The molecule has 2 heterocycles. The molecule has 0 bridgehead atoms. The van der Waals surface area contributed by atoms with Gasteiger partial charge in [-0.1, -0.05) is 30.4 Å². The van der Waals surface area contributed by atoms with E-state index < -0.39 is 0 Å². The van der Waals surface area contributed by atoms with Crippen molar-refractivity contribution in [3.8, 4) is 6.07 Å². The number of fused-ring (bicyclic) bond motifs is 1. The van der Waals surface area contributed by atoms with Gasteiger partial charge in [-0.15, -0.1) is 0 Å². The third-order valence-electron chi connectivity index (χ3n) is 3.82. The third-order valence-corrected chi connectivity index (χ3v) is 4.90. The average molecular weight is 271 g/mol. The van der Waals surface area contributed by atoms with Crippen molar-refractivity contribution in [1.29, 1.82) is 5.26 Å². The molecule has 19 heavy (non-hydrogen) atoms. The first-order chi connectivity index (χ1) is 9.31. The quantitative estimate of drug-likeness (QED) is 0.838. The van der Waals surface area contributed by atoms with Crippen LogP contribution >= 0.6 is 11.3 Å². The molecule has 2 aromatic rings. The fraction of sp³-hybridized carbons (Fsp3) is 0.467. The van der Waals surface area contributed by atoms with Crippen molar-refractivity contribution in [3.63, 3.8) is 0 Å². The highest BCUT2D eigenvalue weighted by Crippen LogP contribution is 2.32. The Morgan fingerprint density at radius 2 is 2.21 bits per heavy atom. The van der Waals surface area contributed by atoms with Crippen LogP contribution in [-0.4, -0.2) is 18.1 Å². The molecule has 0 saturated carbocycles. The number of para-hydroxylation sites is 1. The van der Waals surface area contributed by atoms with Gasteiger partial charge in [0.2, 0.25) is 0 Å². The first-order valence-corrected chi connectivity index (χ1v) is 7.66. The molecule has 0 spiro atoms. The lowest BCUT2D eigenvalue weighted by Crippen LogP contribution is -2.33. The summed E-state index contributed by atoms with van der Waals surface area (Å²) in [7, 11) is 0. The van der Waals surface area contributed by atoms with Gasteiger partial charge in [0.15, 0.2) is 5.13 Å². The lowest BCUT2D eigenvalue weighted by atomic mass is 9.99. The molecule has 3 rings (SSSR count). The zero-order chi connectivity index (χ0) is 13.2. The van der Waals surface area contributed by atoms with Gasteiger partial charge in [0.25, 0.3) is 0 Å². The Balaban J connectivity index is 1.88. The Kier molecular flexibility index (Phi) is 3.39. The van der Waals surface area contributed by atoms with Crippen molar-refractivity contribution in [3.05, 3.63) is 23.8 Å². The molecule has 1 aliphatic rings. The summed E-state index contributed by atoms with van der Waals surface area (Å²) in [4.78, 5) is 7.15. The van der Waals surface area contributed by atoms with Gasteiger partial charge < -0.3 is 4.90 Å². The van der Waals surface area contributed by atoms with Gasteiger partial charge in [-0.2, -0.15) is 5.26 Å². The zero-order valence-electron chi connectivity index (χ0n) is 11.1. The fourth-order valence-corrected chi connectivity index (χ4v) is 3.68. The van der Waals surface area contributed by atoms with E-state index >= 15 is 0 Å². The van der Waals surface area contributed by atoms with Gasteiger partial charge in [0.05, 0.1) is 16.3 Å². The first kappa shape index (κ1) is 12.4. The van der Waals surface area contributed by atoms with E-state index in [0.717, 1.165) is 43.0 Å². The number of aryl methyl sites for hydroxylation is 1. The first-order valence-electron chi connectivity index (χ1n) is 6.84. The maximum atomic E-state index is 8.95. The summed E-state index contributed by atoms with van der Waals surface area (Å²) >= 11 is 1.77. The largest absolute Gasteiger partial charge is 0.348 e. The molecule has 98 valence electrons. The van der Waals surface area contributed by atoms with Crippen molar-refractivity contribution in [2.45, 2.75) is 26.2 Å². The van der Waals surface area contributed by atoms with E-state index in [4.69, 9.17) is 10.2 Å². The normalized spacial score (nSPS) is 16.7. The number of hydrogen-bond donors (Lipinski definition) is 0. The number of aromatic nitrogens is 1. The molecule has 0 amide bonds. The SMILES string of the molecule is CCc1cccc2sc(N3CCC(C#N)CC3)nc12. The Bertz CT molecular complexity index is 618. The van der Waals surface area contributed by atoms with Crippen LogP contribution in [0.15, 0.2) is 18.2 Å². The zero-order valence-corrected chi connectivity index (χ0v) is 11.9. The van der Waals surface area contributed by atoms with E-state index in [2.05, 4.69) is 36.1 Å². The molecule has 0 N–H and O–H groups in total. The highest BCUT2D eigenvalue weighted by molar-refractivity contribution is 7.22. The monoisotopic (exact) mass is 271 g/mol. The Morgan fingerprint density at radius 1 is 1.42 bits per heavy atom. The Morgan fingerprint density at radius 3 is 2.89 bits per heavy atom. The van der Waals surface area contributed by atoms with E-state index in [-0.39, 0.29) is 5.92 Å². The van der Waals surface area contributed by atoms with Crippen molar-refractivity contribution in [2.75, 3.05) is 18.0 Å². The highest BCUT2D eigenvalue weighted by Gasteiger charge is 2.21. The predicted octanol–water partition coefficient (Wildman–Crippen LogP) is 3.60. The van der Waals surface area contributed by atoms with Crippen LogP contribution in [0.4, 0.5) is 5.13 Å². The smallest absolute Gasteiger partial charge is 0.186 e. The fourth-order valence-electron chi connectivity index (χ4n) is 2.61. The molecule has 0 radical (unpaired) electrons. The van der Waals surface area contributed by atoms with E-state index in [9.17, 15) is 0 Å². The molecular weight excluding hydrogens is 254 g/mol. The minimum atomic E-state index is 0.233. The van der Waals surface area contributed by atoms with Crippen molar-refractivity contribution >= 4 is 26.7 Å². The minimum absolute atomic E-state index is 0.233. The Labute approximate surface area is 117 Å². The van der Waals surface area contributed by atoms with Crippen LogP contribution in [0.2, 0.25) is 0 Å². The van der Waals surface area contributed by atoms with Crippen molar-refractivity contribution < 1.29 is 0 Å². The van der Waals surface area contributed by atoms with Crippen LogP contribution in [0.25, 0.3) is 10.2 Å². The summed E-state index contributed by atoms with van der Waals surface area (Å²) in [5.74, 6) is 0.233. The standard InChI is InChI=1S/C15H17N3S/c1-2-12-4-3-5-13-14(12)17-15(19-13)18-8-6-11(10-16)7-9-18/h3-5,11H,2,6-9H2,1H3. The number of benzene rings is 1. The summed E-state index contributed by atoms with van der Waals surface area (Å²) < 4.78 is 1.27. The lowest BCUT2D eigenvalue weighted by molar-refractivity contribution is 0.487. The molecule has 1 aromatic heterocycles. The molecule has 0 aliphatic carbocycles. The van der Waals surface area contributed by atoms with Crippen LogP contribution in [0.5, 0.6) is 0 Å². The van der Waals surface area contributed by atoms with Gasteiger partial charge in [-0.25, -0.2) is 4.98 Å². The molecular formula is C15H17N3S. The van der Waals surface area contributed by atoms with E-state index in [1.165, 1.54) is 10.3 Å². The van der Waals surface area contributed by atoms with Gasteiger partial charge in [-0.05, 0) is 30.9 Å². The Hall–Kier alpha value is -1.60. The van der Waals surface area contributed by atoms with E-state index in [0.29, 0.717) is 0 Å². The van der Waals surface area contributed by atoms with Crippen LogP contribution in [0.3, 0.4) is 0 Å². The number of rotatable bonds is 2. The van der Waals surface area contributed by atoms with Crippen LogP contribution < -0.4 is 4.90 Å². The number of nitrogens with zero attached hydrogens (tertiary/aromatic N) is 3. The van der Waals surface area contributed by atoms with Crippen LogP contribution in [0, 0.1) is 17.2 Å². The second-order valence-corrected chi connectivity index (χ2v) is 6.01. The third kappa shape index (κ3) is 2.31. The van der Waals surface area contributed by atoms with Gasteiger partial charge >= 0.3 is 0 Å². The lowest BCUT2D eigenvalue weighted by Gasteiger charge is -2.28. The highest BCUT2D eigenvalue weighted by atomic mass is 32.1. The molecule has 1 aromatic carbocycles. The topological polar surface area (TPSA) is 39.9 Å². The predicted molar refractivity (Wildman–Crippen MR) is 79.5 cm³/mol. The maximum Gasteiger partial charge on any atom is 0.186 e. The summed E-state index contributed by atoms with van der Waals surface area (Å²) in [5, 5.41) is 10.1. The molecule has 0 atom stereocenters. The summed E-state index contributed by atoms with van der Waals surface area (Å²) in [6, 6.07) is 8.80. The maximum absolute atomic E-state index is 8.95. The molecule has 1 aliphatic heterocycles. The number of piperidine rings is 1. The molecule has 4 heteroatoms.